The maximum atomic E-state index is 15.5. The van der Waals surface area contributed by atoms with E-state index in [1.807, 2.05) is 17.6 Å². The van der Waals surface area contributed by atoms with Crippen molar-refractivity contribution in [1.82, 2.24) is 14.5 Å². The lowest BCUT2D eigenvalue weighted by atomic mass is 10.1. The Hall–Kier alpha value is -5.14. The molecular formula is C33H28F2N4O4. The molecule has 0 bridgehead atoms. The molecule has 218 valence electrons. The van der Waals surface area contributed by atoms with Crippen molar-refractivity contribution < 1.29 is 27.8 Å². The Balaban J connectivity index is 1.38. The average Bonchev–Trinajstić information content (AvgIpc) is 3.36. The minimum absolute atomic E-state index is 0.0783. The Morgan fingerprint density at radius 1 is 0.977 bits per heavy atom. The first-order valence-electron chi connectivity index (χ1n) is 13.5. The van der Waals surface area contributed by atoms with E-state index >= 15 is 4.39 Å². The number of nitrogens with zero attached hydrogens (tertiary/aromatic N) is 4. The van der Waals surface area contributed by atoms with Crippen molar-refractivity contribution in [3.8, 4) is 23.2 Å². The molecular weight excluding hydrogens is 554 g/mol. The lowest BCUT2D eigenvalue weighted by Gasteiger charge is -2.15. The van der Waals surface area contributed by atoms with Gasteiger partial charge in [0.25, 0.3) is 0 Å². The van der Waals surface area contributed by atoms with Gasteiger partial charge >= 0.3 is 5.97 Å². The van der Waals surface area contributed by atoms with Crippen LogP contribution < -0.4 is 4.74 Å². The number of nitriles is 1. The van der Waals surface area contributed by atoms with Crippen molar-refractivity contribution in [2.24, 2.45) is 0 Å². The summed E-state index contributed by atoms with van der Waals surface area (Å²) in [6.07, 6.45) is 0.0523. The van der Waals surface area contributed by atoms with Crippen LogP contribution in [0.2, 0.25) is 0 Å². The lowest BCUT2D eigenvalue weighted by Crippen LogP contribution is -2.17. The number of aromatic nitrogens is 3. The number of ether oxygens (including phenoxy) is 3. The fourth-order valence-corrected chi connectivity index (χ4v) is 4.65. The number of fused-ring (bicyclic) bond motifs is 1. The van der Waals surface area contributed by atoms with Gasteiger partial charge in [-0.1, -0.05) is 24.3 Å². The van der Waals surface area contributed by atoms with E-state index in [0.717, 1.165) is 11.6 Å². The fraction of sp³-hybridized carbons (Fsp3) is 0.212. The van der Waals surface area contributed by atoms with Crippen molar-refractivity contribution in [3.05, 3.63) is 113 Å². The molecule has 5 aromatic rings. The average molecular weight is 583 g/mol. The van der Waals surface area contributed by atoms with E-state index in [0.29, 0.717) is 40.3 Å². The Morgan fingerprint density at radius 2 is 1.77 bits per heavy atom. The van der Waals surface area contributed by atoms with Crippen LogP contribution in [-0.2, 0) is 29.0 Å². The molecule has 0 aliphatic carbocycles. The number of halogens is 2. The highest BCUT2D eigenvalue weighted by molar-refractivity contribution is 5.93. The monoisotopic (exact) mass is 582 g/mol. The van der Waals surface area contributed by atoms with Crippen LogP contribution in [0.15, 0.2) is 72.8 Å². The van der Waals surface area contributed by atoms with Gasteiger partial charge in [-0.3, -0.25) is 0 Å². The Labute approximate surface area is 247 Å². The molecule has 2 aromatic heterocycles. The van der Waals surface area contributed by atoms with Crippen LogP contribution in [0.4, 0.5) is 8.78 Å². The van der Waals surface area contributed by atoms with Gasteiger partial charge in [-0.25, -0.2) is 23.5 Å². The smallest absolute Gasteiger partial charge is 0.337 e. The molecule has 0 aliphatic rings. The number of methoxy groups -OCH3 is 2. The molecule has 43 heavy (non-hydrogen) atoms. The van der Waals surface area contributed by atoms with Gasteiger partial charge in [0, 0.05) is 30.7 Å². The minimum atomic E-state index is -0.540. The molecule has 0 amide bonds. The van der Waals surface area contributed by atoms with Crippen LogP contribution in [0.25, 0.3) is 22.3 Å². The lowest BCUT2D eigenvalue weighted by molar-refractivity contribution is 0.0601. The number of imidazole rings is 1. The van der Waals surface area contributed by atoms with Gasteiger partial charge in [0.2, 0.25) is 5.88 Å². The molecule has 0 N–H and O–H groups in total. The zero-order chi connectivity index (χ0) is 30.5. The molecule has 0 aliphatic heterocycles. The summed E-state index contributed by atoms with van der Waals surface area (Å²) in [4.78, 5) is 21.3. The molecule has 1 atom stereocenters. The van der Waals surface area contributed by atoms with Crippen molar-refractivity contribution in [2.75, 3.05) is 14.2 Å². The maximum absolute atomic E-state index is 15.5. The first-order valence-corrected chi connectivity index (χ1v) is 13.5. The molecule has 3 aromatic carbocycles. The second kappa shape index (κ2) is 12.8. The highest BCUT2D eigenvalue weighted by Gasteiger charge is 2.18. The maximum Gasteiger partial charge on any atom is 0.337 e. The van der Waals surface area contributed by atoms with E-state index in [1.165, 1.54) is 25.3 Å². The summed E-state index contributed by atoms with van der Waals surface area (Å²) in [6, 6.07) is 21.1. The predicted molar refractivity (Wildman–Crippen MR) is 155 cm³/mol. The molecule has 0 saturated carbocycles. The van der Waals surface area contributed by atoms with E-state index in [2.05, 4.69) is 4.98 Å². The minimum Gasteiger partial charge on any atom is -0.473 e. The number of benzene rings is 3. The van der Waals surface area contributed by atoms with E-state index in [1.54, 1.807) is 55.6 Å². The molecule has 0 spiro atoms. The van der Waals surface area contributed by atoms with Gasteiger partial charge in [-0.2, -0.15) is 5.26 Å². The second-order valence-electron chi connectivity index (χ2n) is 9.93. The second-order valence-corrected chi connectivity index (χ2v) is 9.93. The van der Waals surface area contributed by atoms with Gasteiger partial charge in [0.1, 0.15) is 24.1 Å². The quantitative estimate of drug-likeness (QED) is 0.180. The molecule has 0 fully saturated rings. The summed E-state index contributed by atoms with van der Waals surface area (Å²) in [7, 11) is 2.94. The molecule has 0 radical (unpaired) electrons. The number of rotatable bonds is 10. The number of carbonyl (C=O) groups is 1. The largest absolute Gasteiger partial charge is 0.473 e. The van der Waals surface area contributed by atoms with Crippen LogP contribution in [0, 0.1) is 23.0 Å². The molecule has 10 heteroatoms. The number of esters is 1. The molecule has 5 rings (SSSR count). The van der Waals surface area contributed by atoms with Crippen molar-refractivity contribution >= 4 is 17.0 Å². The SMILES string of the molecule is COC(=O)c1ccc2nc(Cc3ccc(-c4cccc(OCc5ccc(C#N)cc5F)n4)cc3F)n(C[C@@H](C)OC)c2c1. The van der Waals surface area contributed by atoms with Crippen LogP contribution in [0.5, 0.6) is 5.88 Å². The first-order chi connectivity index (χ1) is 20.8. The number of pyridine rings is 1. The summed E-state index contributed by atoms with van der Waals surface area (Å²) in [5.74, 6) is -0.558. The molecule has 0 saturated heterocycles. The third-order valence-electron chi connectivity index (χ3n) is 7.07. The highest BCUT2D eigenvalue weighted by atomic mass is 19.1. The van der Waals surface area contributed by atoms with Crippen LogP contribution in [0.1, 0.15) is 39.8 Å². The first kappa shape index (κ1) is 29.4. The van der Waals surface area contributed by atoms with Crippen LogP contribution in [0.3, 0.4) is 0 Å². The van der Waals surface area contributed by atoms with Gasteiger partial charge in [0.15, 0.2) is 0 Å². The van der Waals surface area contributed by atoms with Gasteiger partial charge in [-0.15, -0.1) is 0 Å². The van der Waals surface area contributed by atoms with Crippen molar-refractivity contribution in [2.45, 2.75) is 32.6 Å². The number of hydrogen-bond donors (Lipinski definition) is 0. The predicted octanol–water partition coefficient (Wildman–Crippen LogP) is 6.24. The summed E-state index contributed by atoms with van der Waals surface area (Å²) in [5, 5.41) is 8.92. The van der Waals surface area contributed by atoms with E-state index < -0.39 is 17.6 Å². The Morgan fingerprint density at radius 3 is 2.49 bits per heavy atom. The van der Waals surface area contributed by atoms with Gasteiger partial charge in [0.05, 0.1) is 53.7 Å². The third-order valence-corrected chi connectivity index (χ3v) is 7.07. The van der Waals surface area contributed by atoms with Gasteiger partial charge < -0.3 is 18.8 Å². The normalized spacial score (nSPS) is 11.7. The third kappa shape index (κ3) is 6.52. The van der Waals surface area contributed by atoms with Crippen LogP contribution in [-0.4, -0.2) is 40.8 Å². The topological polar surface area (TPSA) is 99.3 Å². The molecule has 0 unspecified atom stereocenters. The highest BCUT2D eigenvalue weighted by Crippen LogP contribution is 2.26. The Bertz CT molecular complexity index is 1850. The van der Waals surface area contributed by atoms with E-state index in [4.69, 9.17) is 24.5 Å². The van der Waals surface area contributed by atoms with Crippen molar-refractivity contribution in [3.63, 3.8) is 0 Å². The summed E-state index contributed by atoms with van der Waals surface area (Å²) >= 11 is 0. The number of hydrogen-bond acceptors (Lipinski definition) is 7. The van der Waals surface area contributed by atoms with Crippen molar-refractivity contribution in [1.29, 1.82) is 5.26 Å². The molecule has 2 heterocycles. The molecule has 8 nitrogen and oxygen atoms in total. The van der Waals surface area contributed by atoms with Gasteiger partial charge in [-0.05, 0) is 55.0 Å². The summed E-state index contributed by atoms with van der Waals surface area (Å²) < 4.78 is 47.7. The summed E-state index contributed by atoms with van der Waals surface area (Å²) in [5.41, 5.74) is 3.76. The number of carbonyl (C=O) groups excluding carboxylic acids is 1. The van der Waals surface area contributed by atoms with E-state index in [-0.39, 0.29) is 36.1 Å². The standard InChI is InChI=1S/C33H28F2N4O4/c1-20(41-2)18-39-30-15-24(33(40)42-3)11-12-29(30)37-31(39)16-22-9-10-23(14-27(22)35)28-5-4-6-32(38-28)43-19-25-8-7-21(17-36)13-26(25)34/h4-15,20H,16,18-19H2,1-3H3/t20-/m1/s1. The fourth-order valence-electron chi connectivity index (χ4n) is 4.65. The zero-order valence-corrected chi connectivity index (χ0v) is 23.8. The van der Waals surface area contributed by atoms with E-state index in [9.17, 15) is 9.18 Å². The Kier molecular flexibility index (Phi) is 8.74. The van der Waals surface area contributed by atoms with Crippen LogP contribution >= 0.6 is 0 Å². The zero-order valence-electron chi connectivity index (χ0n) is 23.8. The summed E-state index contributed by atoms with van der Waals surface area (Å²) in [6.45, 7) is 2.29.